The third-order valence-electron chi connectivity index (χ3n) is 4.67. The van der Waals surface area contributed by atoms with E-state index in [0.717, 1.165) is 45.7 Å². The van der Waals surface area contributed by atoms with Crippen molar-refractivity contribution < 1.29 is 14.2 Å². The zero-order chi connectivity index (χ0) is 19.8. The highest BCUT2D eigenvalue weighted by molar-refractivity contribution is 5.90. The second-order valence-corrected chi connectivity index (χ2v) is 6.44. The summed E-state index contributed by atoms with van der Waals surface area (Å²) in [5.41, 5.74) is 10.9. The summed E-state index contributed by atoms with van der Waals surface area (Å²) in [5, 5.41) is 0. The topological polar surface area (TPSA) is 53.7 Å². The molecule has 0 unspecified atom stereocenters. The van der Waals surface area contributed by atoms with Crippen LogP contribution in [0.3, 0.4) is 0 Å². The van der Waals surface area contributed by atoms with Crippen LogP contribution in [-0.2, 0) is 11.3 Å². The van der Waals surface area contributed by atoms with Crippen LogP contribution in [0.25, 0.3) is 22.3 Å². The van der Waals surface area contributed by atoms with E-state index in [0.29, 0.717) is 19.8 Å². The van der Waals surface area contributed by atoms with E-state index in [9.17, 15) is 0 Å². The fourth-order valence-corrected chi connectivity index (χ4v) is 3.35. The number of hydrogen-bond acceptors (Lipinski definition) is 4. The molecule has 0 saturated heterocycles. The van der Waals surface area contributed by atoms with Crippen LogP contribution in [0, 0.1) is 0 Å². The summed E-state index contributed by atoms with van der Waals surface area (Å²) >= 11 is 0. The molecule has 0 aliphatic rings. The lowest BCUT2D eigenvalue weighted by Crippen LogP contribution is -2.05. The number of nitrogens with two attached hydrogens (primary N) is 1. The minimum atomic E-state index is 0.510. The van der Waals surface area contributed by atoms with Gasteiger partial charge in [-0.25, -0.2) is 0 Å². The lowest BCUT2D eigenvalue weighted by Gasteiger charge is -2.19. The second-order valence-electron chi connectivity index (χ2n) is 6.44. The Morgan fingerprint density at radius 3 is 2.00 bits per heavy atom. The number of rotatable bonds is 9. The Bertz CT molecular complexity index is 908. The molecule has 3 aromatic carbocycles. The zero-order valence-electron chi connectivity index (χ0n) is 16.5. The van der Waals surface area contributed by atoms with Gasteiger partial charge in [-0.15, -0.1) is 0 Å². The van der Waals surface area contributed by atoms with Gasteiger partial charge in [0.2, 0.25) is 0 Å². The first-order chi connectivity index (χ1) is 13.8. The summed E-state index contributed by atoms with van der Waals surface area (Å²) in [6.45, 7) is 1.78. The standard InChI is InChI=1S/C24H27NO3/c1-26-22-13-5-3-10-19(22)20-12-7-9-18(17-28-16-8-15-25)24(20)21-11-4-6-14-23(21)27-2/h3-7,9-14H,8,15-17,25H2,1-2H3. The van der Waals surface area contributed by atoms with Gasteiger partial charge in [-0.3, -0.25) is 0 Å². The Hall–Kier alpha value is -2.82. The smallest absolute Gasteiger partial charge is 0.126 e. The molecular formula is C24H27NO3. The summed E-state index contributed by atoms with van der Waals surface area (Å²) in [4.78, 5) is 0. The minimum absolute atomic E-state index is 0.510. The molecule has 4 nitrogen and oxygen atoms in total. The molecule has 2 N–H and O–H groups in total. The summed E-state index contributed by atoms with van der Waals surface area (Å²) in [6.07, 6.45) is 0.843. The Morgan fingerprint density at radius 1 is 0.714 bits per heavy atom. The van der Waals surface area contributed by atoms with Gasteiger partial charge in [0, 0.05) is 17.7 Å². The molecule has 0 aromatic heterocycles. The number of benzene rings is 3. The maximum Gasteiger partial charge on any atom is 0.126 e. The van der Waals surface area contributed by atoms with Crippen molar-refractivity contribution in [1.82, 2.24) is 0 Å². The second kappa shape index (κ2) is 9.93. The normalized spacial score (nSPS) is 10.7. The van der Waals surface area contributed by atoms with E-state index in [1.807, 2.05) is 36.4 Å². The van der Waals surface area contributed by atoms with E-state index in [1.165, 1.54) is 0 Å². The van der Waals surface area contributed by atoms with Gasteiger partial charge >= 0.3 is 0 Å². The van der Waals surface area contributed by atoms with Crippen LogP contribution >= 0.6 is 0 Å². The Morgan fingerprint density at radius 2 is 1.32 bits per heavy atom. The molecule has 0 heterocycles. The number of para-hydroxylation sites is 2. The highest BCUT2D eigenvalue weighted by atomic mass is 16.5. The van der Waals surface area contributed by atoms with Gasteiger partial charge in [-0.2, -0.15) is 0 Å². The van der Waals surface area contributed by atoms with Crippen LogP contribution in [0.5, 0.6) is 11.5 Å². The third-order valence-corrected chi connectivity index (χ3v) is 4.67. The van der Waals surface area contributed by atoms with Gasteiger partial charge < -0.3 is 19.9 Å². The van der Waals surface area contributed by atoms with Crippen LogP contribution in [0.15, 0.2) is 66.7 Å². The summed E-state index contributed by atoms with van der Waals surface area (Å²) < 4.78 is 17.2. The van der Waals surface area contributed by atoms with Crippen LogP contribution in [0.2, 0.25) is 0 Å². The maximum absolute atomic E-state index is 5.89. The molecule has 3 rings (SSSR count). The predicted octanol–water partition coefficient (Wildman–Crippen LogP) is 4.90. The van der Waals surface area contributed by atoms with Crippen molar-refractivity contribution in [3.8, 4) is 33.8 Å². The average Bonchev–Trinajstić information content (AvgIpc) is 2.76. The molecule has 0 fully saturated rings. The van der Waals surface area contributed by atoms with E-state index in [2.05, 4.69) is 30.3 Å². The van der Waals surface area contributed by atoms with Crippen LogP contribution in [0.1, 0.15) is 12.0 Å². The molecule has 0 atom stereocenters. The lowest BCUT2D eigenvalue weighted by molar-refractivity contribution is 0.120. The first-order valence-corrected chi connectivity index (χ1v) is 9.46. The summed E-state index contributed by atoms with van der Waals surface area (Å²) in [6, 6.07) is 22.4. The van der Waals surface area contributed by atoms with Crippen molar-refractivity contribution in [1.29, 1.82) is 0 Å². The first kappa shape index (κ1) is 19.9. The predicted molar refractivity (Wildman–Crippen MR) is 114 cm³/mol. The van der Waals surface area contributed by atoms with Gasteiger partial charge in [-0.05, 0) is 41.8 Å². The Kier molecular flexibility index (Phi) is 7.06. The van der Waals surface area contributed by atoms with Crippen LogP contribution < -0.4 is 15.2 Å². The monoisotopic (exact) mass is 377 g/mol. The van der Waals surface area contributed by atoms with Crippen molar-refractivity contribution in [2.45, 2.75) is 13.0 Å². The molecule has 0 saturated carbocycles. The molecule has 0 spiro atoms. The quantitative estimate of drug-likeness (QED) is 0.539. The maximum atomic E-state index is 5.89. The number of ether oxygens (including phenoxy) is 3. The fraction of sp³-hybridized carbons (Fsp3) is 0.250. The lowest BCUT2D eigenvalue weighted by atomic mass is 9.89. The highest BCUT2D eigenvalue weighted by Crippen LogP contribution is 2.42. The molecule has 0 aliphatic heterocycles. The van der Waals surface area contributed by atoms with Crippen molar-refractivity contribution in [2.24, 2.45) is 5.73 Å². The molecule has 28 heavy (non-hydrogen) atoms. The van der Waals surface area contributed by atoms with Gasteiger partial charge in [0.1, 0.15) is 11.5 Å². The number of methoxy groups -OCH3 is 2. The van der Waals surface area contributed by atoms with E-state index in [-0.39, 0.29) is 0 Å². The summed E-state index contributed by atoms with van der Waals surface area (Å²) in [7, 11) is 3.39. The molecule has 0 radical (unpaired) electrons. The molecule has 146 valence electrons. The van der Waals surface area contributed by atoms with Gasteiger partial charge in [0.15, 0.2) is 0 Å². The molecule has 0 amide bonds. The SMILES string of the molecule is COc1ccccc1-c1cccc(COCCCN)c1-c1ccccc1OC. The highest BCUT2D eigenvalue weighted by Gasteiger charge is 2.18. The van der Waals surface area contributed by atoms with Gasteiger partial charge in [0.25, 0.3) is 0 Å². The molecule has 3 aromatic rings. The van der Waals surface area contributed by atoms with Crippen molar-refractivity contribution in [3.63, 3.8) is 0 Å². The van der Waals surface area contributed by atoms with E-state index >= 15 is 0 Å². The minimum Gasteiger partial charge on any atom is -0.496 e. The number of hydrogen-bond donors (Lipinski definition) is 1. The van der Waals surface area contributed by atoms with Crippen molar-refractivity contribution in [3.05, 3.63) is 72.3 Å². The van der Waals surface area contributed by atoms with Crippen LogP contribution in [-0.4, -0.2) is 27.4 Å². The Balaban J connectivity index is 2.17. The molecule has 0 bridgehead atoms. The van der Waals surface area contributed by atoms with Gasteiger partial charge in [0.05, 0.1) is 20.8 Å². The van der Waals surface area contributed by atoms with Crippen molar-refractivity contribution >= 4 is 0 Å². The average molecular weight is 377 g/mol. The molecule has 0 aliphatic carbocycles. The van der Waals surface area contributed by atoms with E-state index < -0.39 is 0 Å². The largest absolute Gasteiger partial charge is 0.496 e. The third kappa shape index (κ3) is 4.35. The summed E-state index contributed by atoms with van der Waals surface area (Å²) in [5.74, 6) is 1.66. The molecular weight excluding hydrogens is 350 g/mol. The zero-order valence-corrected chi connectivity index (χ0v) is 16.5. The van der Waals surface area contributed by atoms with E-state index in [4.69, 9.17) is 19.9 Å². The fourth-order valence-electron chi connectivity index (χ4n) is 3.35. The first-order valence-electron chi connectivity index (χ1n) is 9.46. The van der Waals surface area contributed by atoms with E-state index in [1.54, 1.807) is 14.2 Å². The Labute approximate surface area is 166 Å². The van der Waals surface area contributed by atoms with Gasteiger partial charge in [-0.1, -0.05) is 54.6 Å². The molecule has 4 heteroatoms. The van der Waals surface area contributed by atoms with Crippen molar-refractivity contribution in [2.75, 3.05) is 27.4 Å². The van der Waals surface area contributed by atoms with Crippen LogP contribution in [0.4, 0.5) is 0 Å².